The summed E-state index contributed by atoms with van der Waals surface area (Å²) < 4.78 is 10.1. The summed E-state index contributed by atoms with van der Waals surface area (Å²) in [6.45, 7) is 6.48. The van der Waals surface area contributed by atoms with E-state index < -0.39 is 0 Å². The van der Waals surface area contributed by atoms with Crippen molar-refractivity contribution in [3.8, 4) is 0 Å². The number of hydrogen-bond acceptors (Lipinski definition) is 4. The number of carbonyl (C=O) groups excluding carboxylic acids is 1. The predicted molar refractivity (Wildman–Crippen MR) is 56.8 cm³/mol. The van der Waals surface area contributed by atoms with Gasteiger partial charge in [-0.25, -0.2) is 4.79 Å². The quantitative estimate of drug-likeness (QED) is 0.772. The molecule has 0 atom stereocenters. The Morgan fingerprint density at radius 1 is 1.60 bits per heavy atom. The van der Waals surface area contributed by atoms with Crippen molar-refractivity contribution in [1.29, 1.82) is 0 Å². The topological polar surface area (TPSA) is 51.5 Å². The lowest BCUT2D eigenvalue weighted by Crippen LogP contribution is -2.21. The number of esters is 1. The van der Waals surface area contributed by atoms with Crippen LogP contribution in [0.3, 0.4) is 0 Å². The van der Waals surface area contributed by atoms with Crippen LogP contribution in [0.4, 0.5) is 0 Å². The van der Waals surface area contributed by atoms with Gasteiger partial charge in [-0.3, -0.25) is 0 Å². The monoisotopic (exact) mass is 211 g/mol. The zero-order chi connectivity index (χ0) is 11.4. The summed E-state index contributed by atoms with van der Waals surface area (Å²) in [4.78, 5) is 11.3. The number of nitrogens with one attached hydrogen (secondary N) is 1. The van der Waals surface area contributed by atoms with Crippen LogP contribution in [0, 0.1) is 6.92 Å². The van der Waals surface area contributed by atoms with Crippen molar-refractivity contribution >= 4 is 5.97 Å². The maximum absolute atomic E-state index is 11.3. The molecule has 0 bridgehead atoms. The van der Waals surface area contributed by atoms with Gasteiger partial charge in [0.15, 0.2) is 0 Å². The molecular formula is C11H17NO3. The standard InChI is InChI=1S/C11H17NO3/c1-7(2)12-6-9-5-10(8(3)15-9)11(13)14-4/h5,7,12H,6H2,1-4H3. The van der Waals surface area contributed by atoms with Gasteiger partial charge in [-0.05, 0) is 13.0 Å². The summed E-state index contributed by atoms with van der Waals surface area (Å²) in [5.74, 6) is 0.996. The highest BCUT2D eigenvalue weighted by Gasteiger charge is 2.14. The molecule has 15 heavy (non-hydrogen) atoms. The molecule has 1 rings (SSSR count). The lowest BCUT2D eigenvalue weighted by atomic mass is 10.2. The second-order valence-electron chi connectivity index (χ2n) is 3.71. The molecule has 84 valence electrons. The molecule has 0 aliphatic heterocycles. The first kappa shape index (κ1) is 11.8. The zero-order valence-corrected chi connectivity index (χ0v) is 9.59. The van der Waals surface area contributed by atoms with Gasteiger partial charge >= 0.3 is 5.97 Å². The molecule has 0 aliphatic carbocycles. The Hall–Kier alpha value is -1.29. The van der Waals surface area contributed by atoms with Crippen LogP contribution in [-0.2, 0) is 11.3 Å². The summed E-state index contributed by atoms with van der Waals surface area (Å²) in [5.41, 5.74) is 0.498. The van der Waals surface area contributed by atoms with E-state index in [-0.39, 0.29) is 5.97 Å². The maximum atomic E-state index is 11.3. The van der Waals surface area contributed by atoms with Gasteiger partial charge in [0, 0.05) is 6.04 Å². The molecule has 1 N–H and O–H groups in total. The van der Waals surface area contributed by atoms with Gasteiger partial charge in [0.05, 0.1) is 13.7 Å². The second kappa shape index (κ2) is 4.98. The molecule has 0 unspecified atom stereocenters. The average molecular weight is 211 g/mol. The van der Waals surface area contributed by atoms with Gasteiger partial charge in [0.2, 0.25) is 0 Å². The molecule has 1 heterocycles. The fourth-order valence-electron chi connectivity index (χ4n) is 1.25. The molecular weight excluding hydrogens is 194 g/mol. The highest BCUT2D eigenvalue weighted by molar-refractivity contribution is 5.90. The van der Waals surface area contributed by atoms with Crippen LogP contribution in [0.15, 0.2) is 10.5 Å². The average Bonchev–Trinajstić information content (AvgIpc) is 2.55. The summed E-state index contributed by atoms with van der Waals surface area (Å²) >= 11 is 0. The lowest BCUT2D eigenvalue weighted by molar-refractivity contribution is 0.0599. The number of rotatable bonds is 4. The van der Waals surface area contributed by atoms with Crippen LogP contribution in [0.5, 0.6) is 0 Å². The number of ether oxygens (including phenoxy) is 1. The Morgan fingerprint density at radius 3 is 2.80 bits per heavy atom. The molecule has 0 saturated carbocycles. The smallest absolute Gasteiger partial charge is 0.341 e. The Kier molecular flexibility index (Phi) is 3.91. The van der Waals surface area contributed by atoms with E-state index in [1.807, 2.05) is 0 Å². The van der Waals surface area contributed by atoms with Crippen LogP contribution in [-0.4, -0.2) is 19.1 Å². The van der Waals surface area contributed by atoms with Gasteiger partial charge in [0.1, 0.15) is 17.1 Å². The van der Waals surface area contributed by atoms with Crippen LogP contribution >= 0.6 is 0 Å². The SMILES string of the molecule is COC(=O)c1cc(CNC(C)C)oc1C. The first-order valence-electron chi connectivity index (χ1n) is 4.95. The highest BCUT2D eigenvalue weighted by Crippen LogP contribution is 2.15. The van der Waals surface area contributed by atoms with Crippen molar-refractivity contribution in [3.63, 3.8) is 0 Å². The predicted octanol–water partition coefficient (Wildman–Crippen LogP) is 1.87. The molecule has 0 amide bonds. The van der Waals surface area contributed by atoms with Crippen LogP contribution in [0.25, 0.3) is 0 Å². The molecule has 1 aromatic rings. The number of hydrogen-bond donors (Lipinski definition) is 1. The van der Waals surface area contributed by atoms with Gasteiger partial charge < -0.3 is 14.5 Å². The van der Waals surface area contributed by atoms with E-state index in [1.54, 1.807) is 13.0 Å². The number of furan rings is 1. The summed E-state index contributed by atoms with van der Waals surface area (Å²) in [6.07, 6.45) is 0. The Balaban J connectivity index is 2.72. The summed E-state index contributed by atoms with van der Waals surface area (Å²) in [7, 11) is 1.36. The van der Waals surface area contributed by atoms with Crippen molar-refractivity contribution in [2.24, 2.45) is 0 Å². The first-order chi connectivity index (χ1) is 7.04. The van der Waals surface area contributed by atoms with Gasteiger partial charge in [-0.1, -0.05) is 13.8 Å². The molecule has 0 spiro atoms. The van der Waals surface area contributed by atoms with Crippen LogP contribution in [0.2, 0.25) is 0 Å². The van der Waals surface area contributed by atoms with E-state index in [0.717, 1.165) is 5.76 Å². The molecule has 0 saturated heterocycles. The van der Waals surface area contributed by atoms with E-state index in [1.165, 1.54) is 7.11 Å². The highest BCUT2D eigenvalue weighted by atomic mass is 16.5. The zero-order valence-electron chi connectivity index (χ0n) is 9.59. The molecule has 4 nitrogen and oxygen atoms in total. The van der Waals surface area contributed by atoms with Crippen LogP contribution in [0.1, 0.15) is 35.7 Å². The third-order valence-corrected chi connectivity index (χ3v) is 2.06. The largest absolute Gasteiger partial charge is 0.465 e. The van der Waals surface area contributed by atoms with E-state index in [4.69, 9.17) is 4.42 Å². The maximum Gasteiger partial charge on any atom is 0.341 e. The summed E-state index contributed by atoms with van der Waals surface area (Å²) in [5, 5.41) is 3.21. The van der Waals surface area contributed by atoms with E-state index in [2.05, 4.69) is 23.9 Å². The molecule has 0 fully saturated rings. The second-order valence-corrected chi connectivity index (χ2v) is 3.71. The molecule has 1 aromatic heterocycles. The minimum atomic E-state index is -0.355. The molecule has 0 aliphatic rings. The molecule has 4 heteroatoms. The fourth-order valence-corrected chi connectivity index (χ4v) is 1.25. The van der Waals surface area contributed by atoms with E-state index in [9.17, 15) is 4.79 Å². The third kappa shape index (κ3) is 3.09. The number of methoxy groups -OCH3 is 1. The van der Waals surface area contributed by atoms with Gasteiger partial charge in [-0.15, -0.1) is 0 Å². The Morgan fingerprint density at radius 2 is 2.27 bits per heavy atom. The summed E-state index contributed by atoms with van der Waals surface area (Å²) in [6, 6.07) is 2.10. The fraction of sp³-hybridized carbons (Fsp3) is 0.545. The molecule has 0 radical (unpaired) electrons. The minimum absolute atomic E-state index is 0.355. The number of aryl methyl sites for hydroxylation is 1. The van der Waals surface area contributed by atoms with Gasteiger partial charge in [-0.2, -0.15) is 0 Å². The van der Waals surface area contributed by atoms with Crippen LogP contribution < -0.4 is 5.32 Å². The van der Waals surface area contributed by atoms with Crippen molar-refractivity contribution in [2.75, 3.05) is 7.11 Å². The Bertz CT molecular complexity index is 342. The Labute approximate surface area is 89.6 Å². The minimum Gasteiger partial charge on any atom is -0.465 e. The first-order valence-corrected chi connectivity index (χ1v) is 4.95. The van der Waals surface area contributed by atoms with E-state index >= 15 is 0 Å². The lowest BCUT2D eigenvalue weighted by Gasteiger charge is -2.04. The van der Waals surface area contributed by atoms with Crippen molar-refractivity contribution in [3.05, 3.63) is 23.2 Å². The number of carbonyl (C=O) groups is 1. The third-order valence-electron chi connectivity index (χ3n) is 2.06. The van der Waals surface area contributed by atoms with Crippen molar-refractivity contribution < 1.29 is 13.9 Å². The normalized spacial score (nSPS) is 10.7. The van der Waals surface area contributed by atoms with Crippen molar-refractivity contribution in [1.82, 2.24) is 5.32 Å². The van der Waals surface area contributed by atoms with Crippen molar-refractivity contribution in [2.45, 2.75) is 33.4 Å². The van der Waals surface area contributed by atoms with E-state index in [0.29, 0.717) is 23.9 Å². The molecule has 0 aromatic carbocycles. The van der Waals surface area contributed by atoms with Gasteiger partial charge in [0.25, 0.3) is 0 Å².